The molecule has 0 spiro atoms. The number of nitrogens with zero attached hydrogens (tertiary/aromatic N) is 4. The van der Waals surface area contributed by atoms with Gasteiger partial charge in [-0.05, 0) is 13.0 Å². The van der Waals surface area contributed by atoms with Gasteiger partial charge in [0.15, 0.2) is 6.61 Å². The minimum atomic E-state index is -4.40. The molecular weight excluding hydrogens is 287 g/mol. The Bertz CT molecular complexity index is 597. The Labute approximate surface area is 119 Å². The highest BCUT2D eigenvalue weighted by Gasteiger charge is 2.30. The lowest BCUT2D eigenvalue weighted by Crippen LogP contribution is -2.21. The fourth-order valence-corrected chi connectivity index (χ4v) is 1.77. The zero-order valence-electron chi connectivity index (χ0n) is 11.5. The van der Waals surface area contributed by atoms with E-state index in [9.17, 15) is 13.2 Å². The second kappa shape index (κ2) is 5.98. The standard InChI is InChI=1S/C12H14F3N5O/c1-8-9(6-18-11-16-4-3-5-17-11)10(20(2)19-8)21-7-12(13,14)15/h3-5H,6-7H2,1-2H3,(H,16,17,18). The van der Waals surface area contributed by atoms with Crippen molar-refractivity contribution < 1.29 is 17.9 Å². The quantitative estimate of drug-likeness (QED) is 0.916. The third-order valence-electron chi connectivity index (χ3n) is 2.65. The van der Waals surface area contributed by atoms with Gasteiger partial charge >= 0.3 is 6.18 Å². The van der Waals surface area contributed by atoms with Crippen molar-refractivity contribution in [2.45, 2.75) is 19.6 Å². The number of anilines is 1. The molecule has 0 bridgehead atoms. The summed E-state index contributed by atoms with van der Waals surface area (Å²) in [4.78, 5) is 7.95. The number of aryl methyl sites for hydroxylation is 2. The number of halogens is 3. The highest BCUT2D eigenvalue weighted by atomic mass is 19.4. The SMILES string of the molecule is Cc1nn(C)c(OCC(F)(F)F)c1CNc1ncccn1. The van der Waals surface area contributed by atoms with Gasteiger partial charge in [0.1, 0.15) is 0 Å². The smallest absolute Gasteiger partial charge is 0.422 e. The first-order chi connectivity index (χ1) is 9.87. The molecule has 114 valence electrons. The molecule has 0 aliphatic rings. The van der Waals surface area contributed by atoms with Crippen molar-refractivity contribution in [3.63, 3.8) is 0 Å². The van der Waals surface area contributed by atoms with E-state index < -0.39 is 12.8 Å². The molecule has 9 heteroatoms. The maximum atomic E-state index is 12.3. The Balaban J connectivity index is 2.11. The fraction of sp³-hybridized carbons (Fsp3) is 0.417. The van der Waals surface area contributed by atoms with Gasteiger partial charge in [-0.1, -0.05) is 0 Å². The van der Waals surface area contributed by atoms with Gasteiger partial charge in [-0.2, -0.15) is 18.3 Å². The summed E-state index contributed by atoms with van der Waals surface area (Å²) in [7, 11) is 1.53. The second-order valence-electron chi connectivity index (χ2n) is 4.32. The molecular formula is C12H14F3N5O. The van der Waals surface area contributed by atoms with Crippen LogP contribution in [0.2, 0.25) is 0 Å². The molecule has 0 atom stereocenters. The van der Waals surface area contributed by atoms with Crippen LogP contribution in [0.5, 0.6) is 5.88 Å². The topological polar surface area (TPSA) is 64.9 Å². The molecule has 0 saturated heterocycles. The van der Waals surface area contributed by atoms with Crippen LogP contribution in [0.1, 0.15) is 11.3 Å². The molecule has 2 aromatic rings. The second-order valence-corrected chi connectivity index (χ2v) is 4.32. The predicted molar refractivity (Wildman–Crippen MR) is 68.9 cm³/mol. The maximum Gasteiger partial charge on any atom is 0.422 e. The zero-order chi connectivity index (χ0) is 15.5. The lowest BCUT2D eigenvalue weighted by molar-refractivity contribution is -0.154. The van der Waals surface area contributed by atoms with E-state index in [0.29, 0.717) is 17.2 Å². The molecule has 1 N–H and O–H groups in total. The van der Waals surface area contributed by atoms with Crippen LogP contribution >= 0.6 is 0 Å². The number of hydrogen-bond donors (Lipinski definition) is 1. The van der Waals surface area contributed by atoms with Crippen LogP contribution < -0.4 is 10.1 Å². The summed E-state index contributed by atoms with van der Waals surface area (Å²) in [5.41, 5.74) is 1.12. The van der Waals surface area contributed by atoms with E-state index in [4.69, 9.17) is 4.74 Å². The molecule has 0 aliphatic carbocycles. The fourth-order valence-electron chi connectivity index (χ4n) is 1.77. The van der Waals surface area contributed by atoms with Crippen LogP contribution in [-0.2, 0) is 13.6 Å². The van der Waals surface area contributed by atoms with Crippen molar-refractivity contribution in [1.29, 1.82) is 0 Å². The number of hydrogen-bond acceptors (Lipinski definition) is 5. The Kier molecular flexibility index (Phi) is 4.29. The summed E-state index contributed by atoms with van der Waals surface area (Å²) >= 11 is 0. The van der Waals surface area contributed by atoms with Gasteiger partial charge in [0.25, 0.3) is 0 Å². The summed E-state index contributed by atoms with van der Waals surface area (Å²) in [5.74, 6) is 0.454. The summed E-state index contributed by atoms with van der Waals surface area (Å²) in [6.45, 7) is 0.557. The Morgan fingerprint density at radius 2 is 1.95 bits per heavy atom. The van der Waals surface area contributed by atoms with Crippen LogP contribution in [-0.4, -0.2) is 32.5 Å². The third-order valence-corrected chi connectivity index (χ3v) is 2.65. The number of ether oxygens (including phenoxy) is 1. The van der Waals surface area contributed by atoms with E-state index >= 15 is 0 Å². The van der Waals surface area contributed by atoms with E-state index in [0.717, 1.165) is 0 Å². The van der Waals surface area contributed by atoms with Gasteiger partial charge in [0.05, 0.1) is 17.8 Å². The van der Waals surface area contributed by atoms with Crippen molar-refractivity contribution in [1.82, 2.24) is 19.7 Å². The molecule has 2 rings (SSSR count). The van der Waals surface area contributed by atoms with Crippen molar-refractivity contribution >= 4 is 5.95 Å². The van der Waals surface area contributed by atoms with Crippen LogP contribution in [0.3, 0.4) is 0 Å². The van der Waals surface area contributed by atoms with E-state index in [-0.39, 0.29) is 12.4 Å². The minimum absolute atomic E-state index is 0.0771. The van der Waals surface area contributed by atoms with Gasteiger partial charge in [0.2, 0.25) is 11.8 Å². The number of rotatable bonds is 5. The van der Waals surface area contributed by atoms with Crippen LogP contribution in [0.15, 0.2) is 18.5 Å². The van der Waals surface area contributed by atoms with E-state index in [1.165, 1.54) is 11.7 Å². The average molecular weight is 301 g/mol. The molecule has 0 saturated carbocycles. The predicted octanol–water partition coefficient (Wildman–Crippen LogP) is 2.07. The third kappa shape index (κ3) is 4.07. The Hall–Kier alpha value is -2.32. The molecule has 0 aliphatic heterocycles. The number of alkyl halides is 3. The van der Waals surface area contributed by atoms with Gasteiger partial charge in [-0.25, -0.2) is 14.6 Å². The molecule has 2 heterocycles. The number of nitrogens with one attached hydrogen (secondary N) is 1. The largest absolute Gasteiger partial charge is 0.468 e. The van der Waals surface area contributed by atoms with Crippen molar-refractivity contribution in [2.24, 2.45) is 7.05 Å². The highest BCUT2D eigenvalue weighted by molar-refractivity contribution is 5.35. The van der Waals surface area contributed by atoms with Crippen LogP contribution in [0.25, 0.3) is 0 Å². The van der Waals surface area contributed by atoms with Crippen LogP contribution in [0.4, 0.5) is 19.1 Å². The first-order valence-electron chi connectivity index (χ1n) is 6.10. The van der Waals surface area contributed by atoms with Crippen molar-refractivity contribution in [3.05, 3.63) is 29.7 Å². The van der Waals surface area contributed by atoms with Crippen molar-refractivity contribution in [2.75, 3.05) is 11.9 Å². The van der Waals surface area contributed by atoms with Crippen LogP contribution in [0, 0.1) is 6.92 Å². The first-order valence-corrected chi connectivity index (χ1v) is 6.10. The normalized spacial score (nSPS) is 11.5. The molecule has 6 nitrogen and oxygen atoms in total. The van der Waals surface area contributed by atoms with Gasteiger partial charge in [0, 0.05) is 19.4 Å². The minimum Gasteiger partial charge on any atom is -0.468 e. The van der Waals surface area contributed by atoms with Crippen molar-refractivity contribution in [3.8, 4) is 5.88 Å². The molecule has 0 unspecified atom stereocenters. The van der Waals surface area contributed by atoms with Gasteiger partial charge in [-0.3, -0.25) is 0 Å². The summed E-state index contributed by atoms with van der Waals surface area (Å²) in [5, 5.41) is 6.98. The first kappa shape index (κ1) is 15.1. The van der Waals surface area contributed by atoms with Gasteiger partial charge < -0.3 is 10.1 Å². The summed E-state index contributed by atoms with van der Waals surface area (Å²) in [6, 6.07) is 1.67. The van der Waals surface area contributed by atoms with E-state index in [2.05, 4.69) is 20.4 Å². The zero-order valence-corrected chi connectivity index (χ0v) is 11.5. The van der Waals surface area contributed by atoms with E-state index in [1.54, 1.807) is 25.4 Å². The summed E-state index contributed by atoms with van der Waals surface area (Å²) < 4.78 is 42.9. The van der Waals surface area contributed by atoms with E-state index in [1.807, 2.05) is 0 Å². The summed E-state index contributed by atoms with van der Waals surface area (Å²) in [6.07, 6.45) is -1.27. The lowest BCUT2D eigenvalue weighted by atomic mass is 10.2. The molecule has 0 amide bonds. The van der Waals surface area contributed by atoms with Gasteiger partial charge in [-0.15, -0.1) is 0 Å². The average Bonchev–Trinajstić information content (AvgIpc) is 2.68. The number of aromatic nitrogens is 4. The Morgan fingerprint density at radius 3 is 2.57 bits per heavy atom. The molecule has 0 radical (unpaired) electrons. The molecule has 21 heavy (non-hydrogen) atoms. The molecule has 0 aromatic carbocycles. The molecule has 2 aromatic heterocycles. The monoisotopic (exact) mass is 301 g/mol. The maximum absolute atomic E-state index is 12.3. The Morgan fingerprint density at radius 1 is 1.29 bits per heavy atom. The highest BCUT2D eigenvalue weighted by Crippen LogP contribution is 2.24. The lowest BCUT2D eigenvalue weighted by Gasteiger charge is -2.11. The molecule has 0 fully saturated rings.